The van der Waals surface area contributed by atoms with E-state index in [4.69, 9.17) is 10.8 Å². The predicted molar refractivity (Wildman–Crippen MR) is 62.5 cm³/mol. The van der Waals surface area contributed by atoms with Crippen LogP contribution in [0.4, 0.5) is 0 Å². The number of carboxylic acids is 1. The summed E-state index contributed by atoms with van der Waals surface area (Å²) < 4.78 is 0. The number of aromatic amines is 1. The van der Waals surface area contributed by atoms with Crippen LogP contribution in [0.1, 0.15) is 17.2 Å². The normalized spacial score (nSPS) is 12.9. The molecule has 4 N–H and O–H groups in total. The zero-order valence-corrected chi connectivity index (χ0v) is 9.03. The Balaban J connectivity index is 2.49. The summed E-state index contributed by atoms with van der Waals surface area (Å²) in [6, 6.07) is 7.81. The van der Waals surface area contributed by atoms with Gasteiger partial charge in [-0.05, 0) is 30.5 Å². The third-order valence-corrected chi connectivity index (χ3v) is 2.71. The molecule has 2 aromatic rings. The summed E-state index contributed by atoms with van der Waals surface area (Å²) in [4.78, 5) is 14.1. The van der Waals surface area contributed by atoms with Crippen molar-refractivity contribution in [2.75, 3.05) is 6.54 Å². The Hall–Kier alpha value is -1.81. The second kappa shape index (κ2) is 3.98. The fourth-order valence-electron chi connectivity index (χ4n) is 1.82. The average Bonchev–Trinajstić information content (AvgIpc) is 2.60. The quantitative estimate of drug-likeness (QED) is 0.732. The topological polar surface area (TPSA) is 79.1 Å². The van der Waals surface area contributed by atoms with Crippen molar-refractivity contribution >= 4 is 16.9 Å². The first-order chi connectivity index (χ1) is 7.61. The first-order valence-corrected chi connectivity index (χ1v) is 5.14. The van der Waals surface area contributed by atoms with Crippen LogP contribution in [0.3, 0.4) is 0 Å². The van der Waals surface area contributed by atoms with E-state index in [-0.39, 0.29) is 6.54 Å². The highest BCUT2D eigenvalue weighted by Crippen LogP contribution is 2.22. The monoisotopic (exact) mass is 218 g/mol. The van der Waals surface area contributed by atoms with Crippen LogP contribution in [0, 0.1) is 6.92 Å². The van der Waals surface area contributed by atoms with Crippen LogP contribution in [0.2, 0.25) is 0 Å². The van der Waals surface area contributed by atoms with Gasteiger partial charge in [0, 0.05) is 17.8 Å². The van der Waals surface area contributed by atoms with Crippen LogP contribution in [0.15, 0.2) is 24.3 Å². The van der Waals surface area contributed by atoms with Gasteiger partial charge in [0.2, 0.25) is 0 Å². The number of H-pyrrole nitrogens is 1. The van der Waals surface area contributed by atoms with Gasteiger partial charge in [-0.25, -0.2) is 0 Å². The number of hydrogen-bond donors (Lipinski definition) is 3. The Kier molecular flexibility index (Phi) is 2.66. The van der Waals surface area contributed by atoms with Gasteiger partial charge in [0.1, 0.15) is 5.92 Å². The molecule has 1 heterocycles. The highest BCUT2D eigenvalue weighted by atomic mass is 16.4. The molecule has 0 aliphatic carbocycles. The van der Waals surface area contributed by atoms with Gasteiger partial charge in [0.25, 0.3) is 0 Å². The fraction of sp³-hybridized carbons (Fsp3) is 0.250. The summed E-state index contributed by atoms with van der Waals surface area (Å²) in [5.41, 5.74) is 8.21. The van der Waals surface area contributed by atoms with Gasteiger partial charge in [-0.3, -0.25) is 4.79 Å². The molecule has 84 valence electrons. The molecule has 0 aliphatic rings. The van der Waals surface area contributed by atoms with E-state index in [2.05, 4.69) is 4.98 Å². The van der Waals surface area contributed by atoms with E-state index in [1.807, 2.05) is 31.2 Å². The summed E-state index contributed by atoms with van der Waals surface area (Å²) >= 11 is 0. The van der Waals surface area contributed by atoms with Crippen LogP contribution in [-0.4, -0.2) is 22.6 Å². The lowest BCUT2D eigenvalue weighted by atomic mass is 10.1. The van der Waals surface area contributed by atoms with Crippen LogP contribution in [0.5, 0.6) is 0 Å². The van der Waals surface area contributed by atoms with Gasteiger partial charge in [-0.15, -0.1) is 0 Å². The zero-order chi connectivity index (χ0) is 11.7. The molecule has 0 spiro atoms. The maximum Gasteiger partial charge on any atom is 0.313 e. The summed E-state index contributed by atoms with van der Waals surface area (Å²) in [5.74, 6) is -1.56. The standard InChI is InChI=1S/C12H14N2O2/c1-7-2-3-10-8(4-7)5-11(14-10)9(6-13)12(15)16/h2-5,9,14H,6,13H2,1H3,(H,15,16). The van der Waals surface area contributed by atoms with Gasteiger partial charge in [-0.2, -0.15) is 0 Å². The average molecular weight is 218 g/mol. The third-order valence-electron chi connectivity index (χ3n) is 2.71. The Morgan fingerprint density at radius 1 is 1.50 bits per heavy atom. The van der Waals surface area contributed by atoms with Crippen molar-refractivity contribution < 1.29 is 9.90 Å². The first-order valence-electron chi connectivity index (χ1n) is 5.14. The van der Waals surface area contributed by atoms with Crippen molar-refractivity contribution in [3.8, 4) is 0 Å². The number of rotatable bonds is 3. The summed E-state index contributed by atoms with van der Waals surface area (Å²) in [7, 11) is 0. The van der Waals surface area contributed by atoms with E-state index in [1.165, 1.54) is 0 Å². The van der Waals surface area contributed by atoms with Crippen molar-refractivity contribution in [3.63, 3.8) is 0 Å². The van der Waals surface area contributed by atoms with Crippen LogP contribution < -0.4 is 5.73 Å². The number of carboxylic acid groups (broad SMARTS) is 1. The number of aromatic nitrogens is 1. The molecule has 1 atom stereocenters. The molecule has 0 saturated heterocycles. The number of aryl methyl sites for hydroxylation is 1. The summed E-state index contributed by atoms with van der Waals surface area (Å²) in [6.07, 6.45) is 0. The number of fused-ring (bicyclic) bond motifs is 1. The van der Waals surface area contributed by atoms with Gasteiger partial charge in [0.05, 0.1) is 0 Å². The third kappa shape index (κ3) is 1.79. The van der Waals surface area contributed by atoms with E-state index in [1.54, 1.807) is 0 Å². The second-order valence-electron chi connectivity index (χ2n) is 3.94. The Labute approximate surface area is 93.1 Å². The van der Waals surface area contributed by atoms with Crippen LogP contribution in [-0.2, 0) is 4.79 Å². The summed E-state index contributed by atoms with van der Waals surface area (Å²) in [6.45, 7) is 2.10. The zero-order valence-electron chi connectivity index (χ0n) is 9.03. The largest absolute Gasteiger partial charge is 0.481 e. The molecule has 2 rings (SSSR count). The lowest BCUT2D eigenvalue weighted by Gasteiger charge is -2.05. The van der Waals surface area contributed by atoms with Gasteiger partial charge >= 0.3 is 5.97 Å². The minimum absolute atomic E-state index is 0.0984. The van der Waals surface area contributed by atoms with Crippen molar-refractivity contribution in [2.45, 2.75) is 12.8 Å². The van der Waals surface area contributed by atoms with E-state index in [0.29, 0.717) is 5.69 Å². The molecular formula is C12H14N2O2. The van der Waals surface area contributed by atoms with E-state index >= 15 is 0 Å². The molecular weight excluding hydrogens is 204 g/mol. The molecule has 0 amide bonds. The van der Waals surface area contributed by atoms with Gasteiger partial charge in [0.15, 0.2) is 0 Å². The molecule has 4 nitrogen and oxygen atoms in total. The van der Waals surface area contributed by atoms with Gasteiger partial charge in [-0.1, -0.05) is 11.6 Å². The van der Waals surface area contributed by atoms with Crippen molar-refractivity contribution in [1.82, 2.24) is 4.98 Å². The number of hydrogen-bond acceptors (Lipinski definition) is 2. The highest BCUT2D eigenvalue weighted by Gasteiger charge is 2.19. The summed E-state index contributed by atoms with van der Waals surface area (Å²) in [5, 5.41) is 10.0. The Morgan fingerprint density at radius 2 is 2.25 bits per heavy atom. The number of carbonyl (C=O) groups is 1. The maximum atomic E-state index is 11.0. The highest BCUT2D eigenvalue weighted by molar-refractivity contribution is 5.84. The molecule has 1 aromatic carbocycles. The smallest absolute Gasteiger partial charge is 0.313 e. The molecule has 0 bridgehead atoms. The molecule has 0 aliphatic heterocycles. The number of aliphatic carboxylic acids is 1. The maximum absolute atomic E-state index is 11.0. The number of nitrogens with two attached hydrogens (primary N) is 1. The van der Waals surface area contributed by atoms with Gasteiger partial charge < -0.3 is 15.8 Å². The van der Waals surface area contributed by atoms with E-state index < -0.39 is 11.9 Å². The fourth-order valence-corrected chi connectivity index (χ4v) is 1.82. The first kappa shape index (κ1) is 10.7. The minimum Gasteiger partial charge on any atom is -0.481 e. The molecule has 4 heteroatoms. The molecule has 16 heavy (non-hydrogen) atoms. The van der Waals surface area contributed by atoms with E-state index in [0.717, 1.165) is 16.5 Å². The Morgan fingerprint density at radius 3 is 2.88 bits per heavy atom. The lowest BCUT2D eigenvalue weighted by molar-refractivity contribution is -0.138. The second-order valence-corrected chi connectivity index (χ2v) is 3.94. The molecule has 1 unspecified atom stereocenters. The molecule has 0 fully saturated rings. The lowest BCUT2D eigenvalue weighted by Crippen LogP contribution is -2.21. The van der Waals surface area contributed by atoms with Crippen molar-refractivity contribution in [2.24, 2.45) is 5.73 Å². The number of nitrogens with one attached hydrogen (secondary N) is 1. The van der Waals surface area contributed by atoms with Crippen LogP contribution >= 0.6 is 0 Å². The molecule has 0 saturated carbocycles. The minimum atomic E-state index is -0.897. The number of benzene rings is 1. The van der Waals surface area contributed by atoms with Crippen molar-refractivity contribution in [3.05, 3.63) is 35.5 Å². The van der Waals surface area contributed by atoms with E-state index in [9.17, 15) is 4.79 Å². The van der Waals surface area contributed by atoms with Crippen molar-refractivity contribution in [1.29, 1.82) is 0 Å². The SMILES string of the molecule is Cc1ccc2[nH]c(C(CN)C(=O)O)cc2c1. The Bertz CT molecular complexity index is 531. The molecule has 0 radical (unpaired) electrons. The predicted octanol–water partition coefficient (Wildman–Crippen LogP) is 1.60. The molecule has 1 aromatic heterocycles. The van der Waals surface area contributed by atoms with Crippen LogP contribution in [0.25, 0.3) is 10.9 Å².